The van der Waals surface area contributed by atoms with E-state index in [1.807, 2.05) is 29.4 Å². The van der Waals surface area contributed by atoms with Crippen LogP contribution in [-0.4, -0.2) is 15.5 Å². The number of aromatic nitrogens is 2. The maximum absolute atomic E-state index is 13.8. The number of hydrogen-bond acceptors (Lipinski definition) is 2. The Morgan fingerprint density at radius 3 is 2.94 bits per heavy atom. The van der Waals surface area contributed by atoms with Gasteiger partial charge in [-0.25, -0.2) is 4.39 Å². The largest absolute Gasteiger partial charge is 0.258 e. The molecule has 0 N–H and O–H groups in total. The first-order chi connectivity index (χ1) is 8.27. The predicted octanol–water partition coefficient (Wildman–Crippen LogP) is 3.49. The van der Waals surface area contributed by atoms with E-state index >= 15 is 0 Å². The summed E-state index contributed by atoms with van der Waals surface area (Å²) in [6.45, 7) is 2.97. The second kappa shape index (κ2) is 4.18. The Morgan fingerprint density at radius 1 is 1.35 bits per heavy atom. The lowest BCUT2D eigenvalue weighted by Crippen LogP contribution is -2.08. The minimum atomic E-state index is -0.198. The zero-order chi connectivity index (χ0) is 11.8. The van der Waals surface area contributed by atoms with Crippen LogP contribution in [0.2, 0.25) is 0 Å². The van der Waals surface area contributed by atoms with Crippen LogP contribution in [0.3, 0.4) is 0 Å². The van der Waals surface area contributed by atoms with Crippen molar-refractivity contribution in [2.75, 3.05) is 5.75 Å². The molecular formula is C13H13FN2S. The summed E-state index contributed by atoms with van der Waals surface area (Å²) in [4.78, 5) is 0. The molecular weight excluding hydrogens is 235 g/mol. The summed E-state index contributed by atoms with van der Waals surface area (Å²) in [5, 5.41) is 5.73. The molecule has 4 heteroatoms. The Labute approximate surface area is 104 Å². The Balaban J connectivity index is 2.16. The summed E-state index contributed by atoms with van der Waals surface area (Å²) >= 11 is 1.81. The highest BCUT2D eigenvalue weighted by atomic mass is 32.2. The molecule has 0 saturated carbocycles. The zero-order valence-electron chi connectivity index (χ0n) is 9.61. The standard InChI is InChI=1S/C13H13FN2S/c1-9-12(10-5-2-3-6-11(10)14)15-16-7-4-8-17-13(9)16/h2-3,5-6H,4,7-8H2,1H3. The van der Waals surface area contributed by atoms with Gasteiger partial charge in [0, 0.05) is 23.4 Å². The van der Waals surface area contributed by atoms with Crippen LogP contribution in [0, 0.1) is 12.7 Å². The number of aryl methyl sites for hydroxylation is 1. The van der Waals surface area contributed by atoms with Gasteiger partial charge in [-0.15, -0.1) is 11.8 Å². The van der Waals surface area contributed by atoms with Gasteiger partial charge in [0.15, 0.2) is 0 Å². The van der Waals surface area contributed by atoms with Crippen LogP contribution in [0.4, 0.5) is 4.39 Å². The van der Waals surface area contributed by atoms with Gasteiger partial charge in [0.2, 0.25) is 0 Å². The first-order valence-corrected chi connectivity index (χ1v) is 6.71. The van der Waals surface area contributed by atoms with E-state index < -0.39 is 0 Å². The van der Waals surface area contributed by atoms with E-state index in [2.05, 4.69) is 5.10 Å². The summed E-state index contributed by atoms with van der Waals surface area (Å²) in [5.74, 6) is 0.930. The van der Waals surface area contributed by atoms with Crippen LogP contribution >= 0.6 is 11.8 Å². The molecule has 0 unspecified atom stereocenters. The summed E-state index contributed by atoms with van der Waals surface area (Å²) in [6.07, 6.45) is 1.13. The molecule has 1 aromatic carbocycles. The van der Waals surface area contributed by atoms with E-state index in [4.69, 9.17) is 0 Å². The van der Waals surface area contributed by atoms with Crippen molar-refractivity contribution < 1.29 is 4.39 Å². The molecule has 0 saturated heterocycles. The second-order valence-electron chi connectivity index (χ2n) is 4.18. The van der Waals surface area contributed by atoms with E-state index in [9.17, 15) is 4.39 Å². The Bertz CT molecular complexity index is 563. The molecule has 3 rings (SSSR count). The van der Waals surface area contributed by atoms with Crippen molar-refractivity contribution in [3.8, 4) is 11.3 Å². The second-order valence-corrected chi connectivity index (χ2v) is 5.27. The molecule has 0 atom stereocenters. The van der Waals surface area contributed by atoms with Gasteiger partial charge in [-0.05, 0) is 25.5 Å². The zero-order valence-corrected chi connectivity index (χ0v) is 10.4. The van der Waals surface area contributed by atoms with Gasteiger partial charge in [-0.1, -0.05) is 12.1 Å². The summed E-state index contributed by atoms with van der Waals surface area (Å²) in [6, 6.07) is 6.84. The highest BCUT2D eigenvalue weighted by Crippen LogP contribution is 2.34. The van der Waals surface area contributed by atoms with Gasteiger partial charge >= 0.3 is 0 Å². The van der Waals surface area contributed by atoms with Gasteiger partial charge in [-0.2, -0.15) is 5.10 Å². The summed E-state index contributed by atoms with van der Waals surface area (Å²) in [5.41, 5.74) is 2.49. The number of halogens is 1. The minimum Gasteiger partial charge on any atom is -0.258 e. The van der Waals surface area contributed by atoms with Crippen molar-refractivity contribution in [3.63, 3.8) is 0 Å². The molecule has 2 nitrogen and oxygen atoms in total. The topological polar surface area (TPSA) is 17.8 Å². The average Bonchev–Trinajstić information content (AvgIpc) is 2.68. The van der Waals surface area contributed by atoms with Crippen molar-refractivity contribution in [2.24, 2.45) is 0 Å². The van der Waals surface area contributed by atoms with Gasteiger partial charge in [0.05, 0.1) is 10.7 Å². The molecule has 0 aliphatic carbocycles. The highest BCUT2D eigenvalue weighted by Gasteiger charge is 2.20. The number of rotatable bonds is 1. The normalized spacial score (nSPS) is 14.7. The Hall–Kier alpha value is -1.29. The Morgan fingerprint density at radius 2 is 2.18 bits per heavy atom. The van der Waals surface area contributed by atoms with Gasteiger partial charge in [0.25, 0.3) is 0 Å². The Kier molecular flexibility index (Phi) is 2.67. The molecule has 2 heterocycles. The van der Waals surface area contributed by atoms with Crippen molar-refractivity contribution in [2.45, 2.75) is 24.9 Å². The van der Waals surface area contributed by atoms with E-state index in [1.54, 1.807) is 12.1 Å². The van der Waals surface area contributed by atoms with Crippen LogP contribution in [0.15, 0.2) is 29.3 Å². The fourth-order valence-electron chi connectivity index (χ4n) is 2.16. The molecule has 88 valence electrons. The third-order valence-corrected chi connectivity index (χ3v) is 4.30. The maximum Gasteiger partial charge on any atom is 0.132 e. The highest BCUT2D eigenvalue weighted by molar-refractivity contribution is 7.99. The third kappa shape index (κ3) is 1.76. The number of benzene rings is 1. The first-order valence-electron chi connectivity index (χ1n) is 5.72. The summed E-state index contributed by atoms with van der Waals surface area (Å²) in [7, 11) is 0. The molecule has 1 aliphatic heterocycles. The number of fused-ring (bicyclic) bond motifs is 1. The number of thioether (sulfide) groups is 1. The molecule has 0 fully saturated rings. The quantitative estimate of drug-likeness (QED) is 0.768. The van der Waals surface area contributed by atoms with Crippen LogP contribution in [-0.2, 0) is 6.54 Å². The summed E-state index contributed by atoms with van der Waals surface area (Å²) < 4.78 is 15.8. The average molecular weight is 248 g/mol. The number of hydrogen-bond donors (Lipinski definition) is 0. The fraction of sp³-hybridized carbons (Fsp3) is 0.308. The molecule has 1 aliphatic rings. The fourth-order valence-corrected chi connectivity index (χ4v) is 3.22. The van der Waals surface area contributed by atoms with Gasteiger partial charge in [0.1, 0.15) is 5.82 Å². The minimum absolute atomic E-state index is 0.198. The van der Waals surface area contributed by atoms with E-state index in [1.165, 1.54) is 11.1 Å². The molecule has 2 aromatic rings. The van der Waals surface area contributed by atoms with Crippen molar-refractivity contribution in [3.05, 3.63) is 35.6 Å². The first kappa shape index (κ1) is 10.8. The lowest BCUT2D eigenvalue weighted by Gasteiger charge is -2.12. The van der Waals surface area contributed by atoms with Gasteiger partial charge < -0.3 is 0 Å². The molecule has 17 heavy (non-hydrogen) atoms. The van der Waals surface area contributed by atoms with Crippen LogP contribution in [0.1, 0.15) is 12.0 Å². The lowest BCUT2D eigenvalue weighted by atomic mass is 10.1. The molecule has 0 bridgehead atoms. The monoisotopic (exact) mass is 248 g/mol. The van der Waals surface area contributed by atoms with Crippen molar-refractivity contribution >= 4 is 11.8 Å². The van der Waals surface area contributed by atoms with Crippen LogP contribution < -0.4 is 0 Å². The third-order valence-electron chi connectivity index (χ3n) is 3.01. The van der Waals surface area contributed by atoms with E-state index in [-0.39, 0.29) is 5.82 Å². The van der Waals surface area contributed by atoms with Crippen LogP contribution in [0.25, 0.3) is 11.3 Å². The van der Waals surface area contributed by atoms with E-state index in [0.717, 1.165) is 30.0 Å². The predicted molar refractivity (Wildman–Crippen MR) is 67.7 cm³/mol. The van der Waals surface area contributed by atoms with Gasteiger partial charge in [-0.3, -0.25) is 4.68 Å². The molecule has 1 aromatic heterocycles. The maximum atomic E-state index is 13.8. The number of nitrogens with zero attached hydrogens (tertiary/aromatic N) is 2. The van der Waals surface area contributed by atoms with Crippen LogP contribution in [0.5, 0.6) is 0 Å². The smallest absolute Gasteiger partial charge is 0.132 e. The molecule has 0 radical (unpaired) electrons. The van der Waals surface area contributed by atoms with E-state index in [0.29, 0.717) is 5.56 Å². The van der Waals surface area contributed by atoms with Crippen molar-refractivity contribution in [1.29, 1.82) is 0 Å². The SMILES string of the molecule is Cc1c(-c2ccccc2F)nn2c1SCCC2. The molecule has 0 spiro atoms. The van der Waals surface area contributed by atoms with Crippen molar-refractivity contribution in [1.82, 2.24) is 9.78 Å². The molecule has 0 amide bonds. The lowest BCUT2D eigenvalue weighted by molar-refractivity contribution is 0.547.